The predicted octanol–water partition coefficient (Wildman–Crippen LogP) is 3.21. The topological polar surface area (TPSA) is 74.3 Å². The van der Waals surface area contributed by atoms with Gasteiger partial charge in [-0.25, -0.2) is 0 Å². The number of methoxy groups -OCH3 is 1. The molecule has 2 aromatic heterocycles. The fourth-order valence-electron chi connectivity index (χ4n) is 3.89. The van der Waals surface area contributed by atoms with Crippen LogP contribution in [0.1, 0.15) is 17.8 Å². The summed E-state index contributed by atoms with van der Waals surface area (Å²) in [5.41, 5.74) is 1.90. The van der Waals surface area contributed by atoms with Gasteiger partial charge in [0.2, 0.25) is 5.91 Å². The molecule has 162 valence electrons. The number of carbonyl (C=O) groups is 1. The van der Waals surface area contributed by atoms with Gasteiger partial charge in [0.15, 0.2) is 0 Å². The van der Waals surface area contributed by atoms with Crippen LogP contribution in [0.2, 0.25) is 0 Å². The molecule has 31 heavy (non-hydrogen) atoms. The van der Waals surface area contributed by atoms with Gasteiger partial charge in [-0.2, -0.15) is 5.10 Å². The van der Waals surface area contributed by atoms with Crippen LogP contribution >= 0.6 is 11.8 Å². The summed E-state index contributed by atoms with van der Waals surface area (Å²) < 4.78 is 5.26. The molecule has 2 atom stereocenters. The zero-order chi connectivity index (χ0) is 21.6. The van der Waals surface area contributed by atoms with Crippen molar-refractivity contribution in [2.45, 2.75) is 35.7 Å². The van der Waals surface area contributed by atoms with E-state index in [9.17, 15) is 4.79 Å². The number of nitrogens with one attached hydrogen (secondary N) is 1. The third kappa shape index (κ3) is 5.45. The zero-order valence-corrected chi connectivity index (χ0v) is 18.6. The van der Waals surface area contributed by atoms with Crippen LogP contribution in [0.15, 0.2) is 65.8 Å². The molecule has 8 heteroatoms. The molecule has 1 amide bonds. The minimum atomic E-state index is -0.175. The van der Waals surface area contributed by atoms with Crippen molar-refractivity contribution in [1.82, 2.24) is 25.0 Å². The minimum Gasteiger partial charge on any atom is -0.497 e. The first-order valence-corrected chi connectivity index (χ1v) is 11.2. The molecule has 1 aliphatic rings. The van der Waals surface area contributed by atoms with Crippen LogP contribution in [0.25, 0.3) is 0 Å². The van der Waals surface area contributed by atoms with Gasteiger partial charge in [0.05, 0.1) is 31.1 Å². The van der Waals surface area contributed by atoms with Crippen molar-refractivity contribution in [3.63, 3.8) is 0 Å². The highest BCUT2D eigenvalue weighted by atomic mass is 32.2. The number of ether oxygens (including phenoxy) is 1. The second-order valence-corrected chi connectivity index (χ2v) is 9.07. The van der Waals surface area contributed by atoms with Gasteiger partial charge in [0, 0.05) is 42.7 Å². The maximum atomic E-state index is 13.4. The largest absolute Gasteiger partial charge is 0.497 e. The van der Waals surface area contributed by atoms with Crippen molar-refractivity contribution in [1.29, 1.82) is 0 Å². The summed E-state index contributed by atoms with van der Waals surface area (Å²) in [6.45, 7) is 2.01. The van der Waals surface area contributed by atoms with Gasteiger partial charge in [-0.05, 0) is 48.9 Å². The number of amides is 1. The van der Waals surface area contributed by atoms with Gasteiger partial charge in [-0.15, -0.1) is 11.8 Å². The number of benzene rings is 1. The molecule has 1 N–H and O–H groups in total. The van der Waals surface area contributed by atoms with Crippen molar-refractivity contribution in [3.05, 3.63) is 72.3 Å². The maximum Gasteiger partial charge on any atom is 0.240 e. The minimum absolute atomic E-state index is 0.128. The summed E-state index contributed by atoms with van der Waals surface area (Å²) in [6, 6.07) is 15.7. The molecule has 1 fully saturated rings. The molecule has 0 bridgehead atoms. The molecule has 0 aliphatic carbocycles. The first kappa shape index (κ1) is 21.4. The second kappa shape index (κ2) is 9.98. The molecule has 7 nitrogen and oxygen atoms in total. The number of hydrogen-bond acceptors (Lipinski definition) is 6. The van der Waals surface area contributed by atoms with Crippen LogP contribution in [-0.2, 0) is 17.9 Å². The Labute approximate surface area is 186 Å². The van der Waals surface area contributed by atoms with Crippen molar-refractivity contribution in [2.24, 2.45) is 0 Å². The number of thioether (sulfide) groups is 1. The number of hydrogen-bond donors (Lipinski definition) is 1. The van der Waals surface area contributed by atoms with Crippen LogP contribution in [0.4, 0.5) is 0 Å². The van der Waals surface area contributed by atoms with E-state index in [1.54, 1.807) is 24.4 Å². The Balaban J connectivity index is 1.47. The van der Waals surface area contributed by atoms with Gasteiger partial charge in [-0.3, -0.25) is 19.8 Å². The number of H-pyrrole nitrogens is 1. The standard InChI is InChI=1S/C23H27N5O2S/c1-27(14-18-10-12-25-26-18)23(29)22-13-21(31-20-8-6-19(30-2)7-9-20)16-28(22)15-17-5-3-4-11-24-17/h3-12,21-22H,13-16H2,1-2H3,(H,25,26)/t21-,22+/m1/s1. The Kier molecular flexibility index (Phi) is 6.89. The van der Waals surface area contributed by atoms with Gasteiger partial charge >= 0.3 is 0 Å². The quantitative estimate of drug-likeness (QED) is 0.583. The van der Waals surface area contributed by atoms with E-state index in [-0.39, 0.29) is 11.9 Å². The number of likely N-dealkylation sites (N-methyl/N-ethyl adjacent to an activating group) is 1. The average molecular weight is 438 g/mol. The lowest BCUT2D eigenvalue weighted by Crippen LogP contribution is -2.43. The molecule has 0 spiro atoms. The Morgan fingerprint density at radius 3 is 2.74 bits per heavy atom. The summed E-state index contributed by atoms with van der Waals surface area (Å²) in [5, 5.41) is 7.24. The van der Waals surface area contributed by atoms with Crippen LogP contribution in [0.5, 0.6) is 5.75 Å². The smallest absolute Gasteiger partial charge is 0.240 e. The number of rotatable bonds is 8. The van der Waals surface area contributed by atoms with E-state index < -0.39 is 0 Å². The fourth-order valence-corrected chi connectivity index (χ4v) is 5.11. The number of likely N-dealkylation sites (tertiary alicyclic amines) is 1. The van der Waals surface area contributed by atoms with Crippen LogP contribution in [0, 0.1) is 0 Å². The van der Waals surface area contributed by atoms with Gasteiger partial charge in [0.1, 0.15) is 5.75 Å². The Morgan fingerprint density at radius 2 is 2.06 bits per heavy atom. The van der Waals surface area contributed by atoms with Crippen molar-refractivity contribution in [3.8, 4) is 5.75 Å². The normalized spacial score (nSPS) is 18.8. The summed E-state index contributed by atoms with van der Waals surface area (Å²) in [7, 11) is 3.52. The third-order valence-corrected chi connectivity index (χ3v) is 6.66. The molecule has 0 saturated carbocycles. The molecule has 1 saturated heterocycles. The van der Waals surface area contributed by atoms with E-state index in [0.29, 0.717) is 18.3 Å². The van der Waals surface area contributed by atoms with Crippen LogP contribution in [0.3, 0.4) is 0 Å². The highest BCUT2D eigenvalue weighted by molar-refractivity contribution is 8.00. The maximum absolute atomic E-state index is 13.4. The van der Waals surface area contributed by atoms with E-state index in [1.807, 2.05) is 55.2 Å². The SMILES string of the molecule is COc1ccc(S[C@@H]2C[C@@H](C(=O)N(C)Cc3ccn[nH]3)N(Cc3ccccn3)C2)cc1. The lowest BCUT2D eigenvalue weighted by Gasteiger charge is -2.27. The van der Waals surface area contributed by atoms with E-state index in [1.165, 1.54) is 4.90 Å². The van der Waals surface area contributed by atoms with Crippen molar-refractivity contribution < 1.29 is 9.53 Å². The fraction of sp³-hybridized carbons (Fsp3) is 0.348. The van der Waals surface area contributed by atoms with E-state index >= 15 is 0 Å². The van der Waals surface area contributed by atoms with Gasteiger partial charge in [-0.1, -0.05) is 6.07 Å². The number of nitrogens with zero attached hydrogens (tertiary/aromatic N) is 4. The van der Waals surface area contributed by atoms with E-state index in [0.717, 1.165) is 30.1 Å². The molecule has 1 aromatic carbocycles. The first-order chi connectivity index (χ1) is 15.1. The molecule has 0 radical (unpaired) electrons. The first-order valence-electron chi connectivity index (χ1n) is 10.3. The summed E-state index contributed by atoms with van der Waals surface area (Å²) in [4.78, 5) is 23.1. The molecule has 3 heterocycles. The van der Waals surface area contributed by atoms with Crippen LogP contribution < -0.4 is 4.74 Å². The molecule has 0 unspecified atom stereocenters. The number of pyridine rings is 1. The summed E-state index contributed by atoms with van der Waals surface area (Å²) in [5.74, 6) is 0.976. The molecule has 3 aromatic rings. The Morgan fingerprint density at radius 1 is 1.23 bits per heavy atom. The van der Waals surface area contributed by atoms with Gasteiger partial charge in [0.25, 0.3) is 0 Å². The molecular formula is C23H27N5O2S. The zero-order valence-electron chi connectivity index (χ0n) is 17.8. The molecule has 1 aliphatic heterocycles. The summed E-state index contributed by atoms with van der Waals surface area (Å²) >= 11 is 1.82. The summed E-state index contributed by atoms with van der Waals surface area (Å²) in [6.07, 6.45) is 4.31. The van der Waals surface area contributed by atoms with Crippen molar-refractivity contribution in [2.75, 3.05) is 20.7 Å². The molecular weight excluding hydrogens is 410 g/mol. The van der Waals surface area contributed by atoms with Crippen molar-refractivity contribution >= 4 is 17.7 Å². The lowest BCUT2D eigenvalue weighted by molar-refractivity contribution is -0.135. The highest BCUT2D eigenvalue weighted by Gasteiger charge is 2.38. The van der Waals surface area contributed by atoms with E-state index in [4.69, 9.17) is 4.74 Å². The van der Waals surface area contributed by atoms with Crippen LogP contribution in [-0.4, -0.2) is 62.9 Å². The monoisotopic (exact) mass is 437 g/mol. The predicted molar refractivity (Wildman–Crippen MR) is 121 cm³/mol. The second-order valence-electron chi connectivity index (χ2n) is 7.69. The number of aromatic amines is 1. The third-order valence-electron chi connectivity index (χ3n) is 5.45. The lowest BCUT2D eigenvalue weighted by atomic mass is 10.2. The average Bonchev–Trinajstić information content (AvgIpc) is 3.44. The number of carbonyl (C=O) groups excluding carboxylic acids is 1. The Hall–Kier alpha value is -2.84. The molecule has 4 rings (SSSR count). The Bertz CT molecular complexity index is 965. The highest BCUT2D eigenvalue weighted by Crippen LogP contribution is 2.35. The number of aromatic nitrogens is 3. The van der Waals surface area contributed by atoms with E-state index in [2.05, 4.69) is 32.2 Å². The van der Waals surface area contributed by atoms with Gasteiger partial charge < -0.3 is 9.64 Å².